The highest BCUT2D eigenvalue weighted by Crippen LogP contribution is 2.43. The number of ether oxygens (including phenoxy) is 1. The number of hydrogen-bond acceptors (Lipinski definition) is 5. The SMILES string of the molecule is Cc1c(C)c2c(c(C)c1O)CCC(C)(C(=O)Nc1nccs1)O2. The van der Waals surface area contributed by atoms with E-state index in [0.717, 1.165) is 28.0 Å². The van der Waals surface area contributed by atoms with Crippen LogP contribution in [-0.2, 0) is 11.2 Å². The third kappa shape index (κ3) is 2.57. The molecule has 1 aromatic carbocycles. The van der Waals surface area contributed by atoms with Crippen LogP contribution in [-0.4, -0.2) is 21.6 Å². The number of amides is 1. The van der Waals surface area contributed by atoms with Crippen molar-refractivity contribution in [2.45, 2.75) is 46.1 Å². The van der Waals surface area contributed by atoms with Crippen molar-refractivity contribution in [1.82, 2.24) is 4.98 Å². The molecule has 1 amide bonds. The van der Waals surface area contributed by atoms with Crippen LogP contribution in [0.3, 0.4) is 0 Å². The van der Waals surface area contributed by atoms with Gasteiger partial charge in [-0.15, -0.1) is 11.3 Å². The summed E-state index contributed by atoms with van der Waals surface area (Å²) in [6.07, 6.45) is 2.90. The average molecular weight is 332 g/mol. The number of carbonyl (C=O) groups is 1. The molecule has 2 heterocycles. The number of fused-ring (bicyclic) bond motifs is 1. The van der Waals surface area contributed by atoms with E-state index >= 15 is 0 Å². The molecule has 1 aliphatic heterocycles. The first-order valence-electron chi connectivity index (χ1n) is 7.55. The Morgan fingerprint density at radius 2 is 2.09 bits per heavy atom. The molecule has 0 fully saturated rings. The number of nitrogens with zero attached hydrogens (tertiary/aromatic N) is 1. The van der Waals surface area contributed by atoms with Crippen molar-refractivity contribution >= 4 is 22.4 Å². The van der Waals surface area contributed by atoms with Crippen LogP contribution < -0.4 is 10.1 Å². The van der Waals surface area contributed by atoms with Crippen LogP contribution in [0.2, 0.25) is 0 Å². The Kier molecular flexibility index (Phi) is 3.80. The van der Waals surface area contributed by atoms with Gasteiger partial charge in [-0.25, -0.2) is 4.98 Å². The molecule has 122 valence electrons. The largest absolute Gasteiger partial charge is 0.507 e. The Balaban J connectivity index is 1.94. The molecule has 0 radical (unpaired) electrons. The zero-order valence-electron chi connectivity index (χ0n) is 13.7. The summed E-state index contributed by atoms with van der Waals surface area (Å²) in [6, 6.07) is 0. The fraction of sp³-hybridized carbons (Fsp3) is 0.412. The van der Waals surface area contributed by atoms with E-state index in [0.29, 0.717) is 23.7 Å². The first-order valence-corrected chi connectivity index (χ1v) is 8.43. The number of phenolic OH excluding ortho intramolecular Hbond substituents is 1. The first kappa shape index (κ1) is 15.8. The summed E-state index contributed by atoms with van der Waals surface area (Å²) in [5, 5.41) is 15.4. The van der Waals surface area contributed by atoms with Crippen LogP contribution in [0.25, 0.3) is 0 Å². The zero-order valence-corrected chi connectivity index (χ0v) is 14.5. The number of rotatable bonds is 2. The molecule has 1 aliphatic rings. The Morgan fingerprint density at radius 3 is 2.74 bits per heavy atom. The molecule has 0 spiro atoms. The van der Waals surface area contributed by atoms with E-state index in [1.807, 2.05) is 26.2 Å². The molecule has 0 aliphatic carbocycles. The molecule has 1 unspecified atom stereocenters. The van der Waals surface area contributed by atoms with Crippen LogP contribution in [0, 0.1) is 20.8 Å². The van der Waals surface area contributed by atoms with E-state index in [1.54, 1.807) is 13.1 Å². The van der Waals surface area contributed by atoms with Crippen LogP contribution in [0.4, 0.5) is 5.13 Å². The number of aromatic hydroxyl groups is 1. The number of hydrogen-bond donors (Lipinski definition) is 2. The van der Waals surface area contributed by atoms with Gasteiger partial charge in [-0.1, -0.05) is 0 Å². The Labute approximate surface area is 139 Å². The minimum absolute atomic E-state index is 0.194. The van der Waals surface area contributed by atoms with Gasteiger partial charge in [0.25, 0.3) is 5.91 Å². The molecule has 3 rings (SSSR count). The van der Waals surface area contributed by atoms with Gasteiger partial charge in [0, 0.05) is 23.6 Å². The van der Waals surface area contributed by atoms with Gasteiger partial charge < -0.3 is 9.84 Å². The van der Waals surface area contributed by atoms with Gasteiger partial charge in [-0.2, -0.15) is 0 Å². The highest BCUT2D eigenvalue weighted by atomic mass is 32.1. The van der Waals surface area contributed by atoms with E-state index in [1.165, 1.54) is 11.3 Å². The second-order valence-electron chi connectivity index (χ2n) is 6.16. The lowest BCUT2D eigenvalue weighted by atomic mass is 9.86. The first-order chi connectivity index (χ1) is 10.8. The van der Waals surface area contributed by atoms with E-state index in [9.17, 15) is 9.90 Å². The maximum Gasteiger partial charge on any atom is 0.270 e. The zero-order chi connectivity index (χ0) is 16.8. The van der Waals surface area contributed by atoms with Crippen molar-refractivity contribution in [3.05, 3.63) is 33.8 Å². The number of thiazole rings is 1. The summed E-state index contributed by atoms with van der Waals surface area (Å²) in [7, 11) is 0. The molecule has 0 saturated heterocycles. The monoisotopic (exact) mass is 332 g/mol. The number of carbonyl (C=O) groups excluding carboxylic acids is 1. The van der Waals surface area contributed by atoms with Crippen LogP contribution in [0.5, 0.6) is 11.5 Å². The van der Waals surface area contributed by atoms with Gasteiger partial charge in [0.2, 0.25) is 0 Å². The molecule has 2 aromatic rings. The lowest BCUT2D eigenvalue weighted by Crippen LogP contribution is -2.48. The number of nitrogens with one attached hydrogen (secondary N) is 1. The smallest absolute Gasteiger partial charge is 0.270 e. The van der Waals surface area contributed by atoms with Gasteiger partial charge >= 0.3 is 0 Å². The molecule has 5 nitrogen and oxygen atoms in total. The van der Waals surface area contributed by atoms with Gasteiger partial charge in [-0.3, -0.25) is 10.1 Å². The number of aromatic nitrogens is 1. The maximum absolute atomic E-state index is 12.6. The molecule has 0 saturated carbocycles. The van der Waals surface area contributed by atoms with Crippen molar-refractivity contribution in [3.8, 4) is 11.5 Å². The predicted octanol–water partition coefficient (Wildman–Crippen LogP) is 3.50. The molecule has 1 atom stereocenters. The van der Waals surface area contributed by atoms with Crippen LogP contribution >= 0.6 is 11.3 Å². The molecule has 1 aromatic heterocycles. The standard InChI is InChI=1S/C17H20N2O3S/c1-9-10(2)14-12(11(3)13(9)20)5-6-17(4,22-14)15(21)19-16-18-7-8-23-16/h7-8,20H,5-6H2,1-4H3,(H,18,19,21). The normalized spacial score (nSPS) is 19.8. The van der Waals surface area contributed by atoms with Gasteiger partial charge in [-0.05, 0) is 50.8 Å². The Bertz CT molecular complexity index is 771. The van der Waals surface area contributed by atoms with Crippen LogP contribution in [0.15, 0.2) is 11.6 Å². The van der Waals surface area contributed by atoms with Gasteiger partial charge in [0.05, 0.1) is 0 Å². The number of anilines is 1. The molecule has 0 bridgehead atoms. The molecule has 23 heavy (non-hydrogen) atoms. The molecular weight excluding hydrogens is 312 g/mol. The van der Waals surface area contributed by atoms with E-state index < -0.39 is 5.60 Å². The van der Waals surface area contributed by atoms with Gasteiger partial charge in [0.15, 0.2) is 10.7 Å². The second-order valence-corrected chi connectivity index (χ2v) is 7.05. The summed E-state index contributed by atoms with van der Waals surface area (Å²) in [6.45, 7) is 7.47. The van der Waals surface area contributed by atoms with E-state index in [4.69, 9.17) is 4.74 Å². The fourth-order valence-corrected chi connectivity index (χ4v) is 3.45. The summed E-state index contributed by atoms with van der Waals surface area (Å²) in [4.78, 5) is 16.7. The number of benzene rings is 1. The van der Waals surface area contributed by atoms with Crippen LogP contribution in [0.1, 0.15) is 35.6 Å². The van der Waals surface area contributed by atoms with E-state index in [-0.39, 0.29) is 5.91 Å². The molecule has 2 N–H and O–H groups in total. The van der Waals surface area contributed by atoms with E-state index in [2.05, 4.69) is 10.3 Å². The second kappa shape index (κ2) is 5.53. The van der Waals surface area contributed by atoms with Crippen molar-refractivity contribution in [1.29, 1.82) is 0 Å². The highest BCUT2D eigenvalue weighted by Gasteiger charge is 2.41. The third-order valence-corrected chi connectivity index (χ3v) is 5.34. The highest BCUT2D eigenvalue weighted by molar-refractivity contribution is 7.13. The quantitative estimate of drug-likeness (QED) is 0.883. The Hall–Kier alpha value is -2.08. The lowest BCUT2D eigenvalue weighted by molar-refractivity contribution is -0.131. The fourth-order valence-electron chi connectivity index (χ4n) is 2.92. The van der Waals surface area contributed by atoms with Gasteiger partial charge in [0.1, 0.15) is 11.5 Å². The maximum atomic E-state index is 12.6. The third-order valence-electron chi connectivity index (χ3n) is 4.65. The van der Waals surface area contributed by atoms with Crippen molar-refractivity contribution < 1.29 is 14.6 Å². The summed E-state index contributed by atoms with van der Waals surface area (Å²) in [5.41, 5.74) is 2.57. The minimum atomic E-state index is -0.945. The Morgan fingerprint density at radius 1 is 1.35 bits per heavy atom. The average Bonchev–Trinajstić information content (AvgIpc) is 3.03. The number of phenols is 1. The van der Waals surface area contributed by atoms with Crippen molar-refractivity contribution in [2.24, 2.45) is 0 Å². The minimum Gasteiger partial charge on any atom is -0.507 e. The molecular formula is C17H20N2O3S. The predicted molar refractivity (Wildman–Crippen MR) is 90.4 cm³/mol. The lowest BCUT2D eigenvalue weighted by Gasteiger charge is -2.36. The summed E-state index contributed by atoms with van der Waals surface area (Å²) < 4.78 is 6.13. The molecule has 6 heteroatoms. The summed E-state index contributed by atoms with van der Waals surface area (Å²) in [5.74, 6) is 0.849. The summed E-state index contributed by atoms with van der Waals surface area (Å²) >= 11 is 1.38. The van der Waals surface area contributed by atoms with Crippen molar-refractivity contribution in [3.63, 3.8) is 0 Å². The van der Waals surface area contributed by atoms with Crippen molar-refractivity contribution in [2.75, 3.05) is 5.32 Å². The topological polar surface area (TPSA) is 71.5 Å².